The maximum atomic E-state index is 11.8. The fourth-order valence-corrected chi connectivity index (χ4v) is 2.42. The minimum atomic E-state index is -0.366. The van der Waals surface area contributed by atoms with Gasteiger partial charge in [0.25, 0.3) is 5.89 Å². The average molecular weight is 380 g/mol. The summed E-state index contributed by atoms with van der Waals surface area (Å²) in [5, 5.41) is 3.87. The largest absolute Gasteiger partial charge is 0.494 e. The van der Waals surface area contributed by atoms with Crippen LogP contribution in [0.2, 0.25) is 0 Å². The molecule has 0 saturated heterocycles. The predicted molar refractivity (Wildman–Crippen MR) is 101 cm³/mol. The Hall–Kier alpha value is -3.48. The molecule has 0 spiro atoms. The van der Waals surface area contributed by atoms with Gasteiger partial charge < -0.3 is 14.0 Å². The van der Waals surface area contributed by atoms with E-state index in [0.717, 1.165) is 5.56 Å². The van der Waals surface area contributed by atoms with Crippen molar-refractivity contribution in [2.24, 2.45) is 0 Å². The zero-order valence-electron chi connectivity index (χ0n) is 15.5. The van der Waals surface area contributed by atoms with Gasteiger partial charge in [-0.15, -0.1) is 0 Å². The number of ketones is 1. The molecule has 0 atom stereocenters. The van der Waals surface area contributed by atoms with E-state index in [1.165, 1.54) is 6.92 Å². The first-order chi connectivity index (χ1) is 13.6. The lowest BCUT2D eigenvalue weighted by atomic mass is 10.1. The number of hydrogen-bond donors (Lipinski definition) is 0. The maximum Gasteiger partial charge on any atom is 0.306 e. The Bertz CT molecular complexity index is 919. The lowest BCUT2D eigenvalue weighted by Gasteiger charge is -2.06. The number of carbonyl (C=O) groups excluding carboxylic acids is 2. The summed E-state index contributed by atoms with van der Waals surface area (Å²) >= 11 is 0. The van der Waals surface area contributed by atoms with E-state index in [1.807, 2.05) is 30.3 Å². The monoisotopic (exact) mass is 380 g/mol. The standard InChI is InChI=1S/C21H20N2O5/c1-15(24)16-9-11-18(12-10-16)26-13-5-8-20(25)27-14-19-22-21(23-28-19)17-6-3-2-4-7-17/h2-4,6-7,9-12H,5,8,13-14H2,1H3. The van der Waals surface area contributed by atoms with E-state index in [1.54, 1.807) is 24.3 Å². The second-order valence-corrected chi connectivity index (χ2v) is 6.07. The van der Waals surface area contributed by atoms with Crippen LogP contribution in [0, 0.1) is 0 Å². The molecule has 1 heterocycles. The van der Waals surface area contributed by atoms with Crippen LogP contribution in [0.25, 0.3) is 11.4 Å². The van der Waals surface area contributed by atoms with Gasteiger partial charge >= 0.3 is 5.97 Å². The van der Waals surface area contributed by atoms with Gasteiger partial charge in [-0.1, -0.05) is 35.5 Å². The molecule has 7 heteroatoms. The van der Waals surface area contributed by atoms with E-state index in [2.05, 4.69) is 10.1 Å². The molecule has 2 aromatic carbocycles. The van der Waals surface area contributed by atoms with Gasteiger partial charge in [0, 0.05) is 17.5 Å². The second kappa shape index (κ2) is 9.45. The summed E-state index contributed by atoms with van der Waals surface area (Å²) in [7, 11) is 0. The molecule has 0 N–H and O–H groups in total. The topological polar surface area (TPSA) is 91.5 Å². The molecular weight excluding hydrogens is 360 g/mol. The van der Waals surface area contributed by atoms with E-state index < -0.39 is 0 Å². The summed E-state index contributed by atoms with van der Waals surface area (Å²) in [6, 6.07) is 16.3. The Kier molecular flexibility index (Phi) is 6.51. The van der Waals surface area contributed by atoms with Crippen molar-refractivity contribution >= 4 is 11.8 Å². The fourth-order valence-electron chi connectivity index (χ4n) is 2.42. The number of esters is 1. The molecule has 0 saturated carbocycles. The Morgan fingerprint density at radius 1 is 1.04 bits per heavy atom. The molecule has 0 aliphatic carbocycles. The highest BCUT2D eigenvalue weighted by atomic mass is 16.6. The lowest BCUT2D eigenvalue weighted by molar-refractivity contribution is -0.146. The number of rotatable bonds is 9. The molecule has 144 valence electrons. The van der Waals surface area contributed by atoms with Crippen molar-refractivity contribution in [1.29, 1.82) is 0 Å². The van der Waals surface area contributed by atoms with Crippen LogP contribution in [0.3, 0.4) is 0 Å². The van der Waals surface area contributed by atoms with Gasteiger partial charge in [0.2, 0.25) is 5.82 Å². The molecule has 7 nitrogen and oxygen atoms in total. The third-order valence-corrected chi connectivity index (χ3v) is 3.91. The molecule has 0 aliphatic heterocycles. The van der Waals surface area contributed by atoms with Gasteiger partial charge in [0.05, 0.1) is 6.61 Å². The third kappa shape index (κ3) is 5.51. The summed E-state index contributed by atoms with van der Waals surface area (Å²) in [6.45, 7) is 1.82. The molecule has 1 aromatic heterocycles. The minimum Gasteiger partial charge on any atom is -0.494 e. The van der Waals surface area contributed by atoms with Crippen LogP contribution in [0.5, 0.6) is 5.75 Å². The molecule has 3 aromatic rings. The van der Waals surface area contributed by atoms with Crippen molar-refractivity contribution in [3.63, 3.8) is 0 Å². The molecule has 0 bridgehead atoms. The van der Waals surface area contributed by atoms with Crippen LogP contribution in [0.1, 0.15) is 36.0 Å². The number of ether oxygens (including phenoxy) is 2. The zero-order chi connectivity index (χ0) is 19.8. The minimum absolute atomic E-state index is 0.00596. The Morgan fingerprint density at radius 2 is 1.79 bits per heavy atom. The fraction of sp³-hybridized carbons (Fsp3) is 0.238. The molecule has 0 amide bonds. The van der Waals surface area contributed by atoms with E-state index in [-0.39, 0.29) is 30.7 Å². The predicted octanol–water partition coefficient (Wildman–Crippen LogP) is 3.84. The van der Waals surface area contributed by atoms with E-state index >= 15 is 0 Å². The van der Waals surface area contributed by atoms with Gasteiger partial charge in [0.1, 0.15) is 5.75 Å². The van der Waals surface area contributed by atoms with Crippen molar-refractivity contribution in [2.45, 2.75) is 26.4 Å². The molecule has 28 heavy (non-hydrogen) atoms. The molecule has 0 aliphatic rings. The lowest BCUT2D eigenvalue weighted by Crippen LogP contribution is -2.07. The zero-order valence-corrected chi connectivity index (χ0v) is 15.5. The molecule has 0 radical (unpaired) electrons. The summed E-state index contributed by atoms with van der Waals surface area (Å²) in [5.41, 5.74) is 1.46. The maximum absolute atomic E-state index is 11.8. The van der Waals surface area contributed by atoms with Crippen LogP contribution >= 0.6 is 0 Å². The summed E-state index contributed by atoms with van der Waals surface area (Å²) in [4.78, 5) is 27.2. The molecule has 3 rings (SSSR count). The quantitative estimate of drug-likeness (QED) is 0.316. The highest BCUT2D eigenvalue weighted by Gasteiger charge is 2.11. The number of hydrogen-bond acceptors (Lipinski definition) is 7. The van der Waals surface area contributed by atoms with Gasteiger partial charge in [-0.25, -0.2) is 0 Å². The number of benzene rings is 2. The number of Topliss-reactive ketones (excluding diaryl/α,β-unsaturated/α-hetero) is 1. The van der Waals surface area contributed by atoms with Gasteiger partial charge in [0.15, 0.2) is 12.4 Å². The van der Waals surface area contributed by atoms with Crippen LogP contribution in [0.15, 0.2) is 59.1 Å². The van der Waals surface area contributed by atoms with Crippen LogP contribution in [0.4, 0.5) is 0 Å². The first kappa shape index (κ1) is 19.3. The third-order valence-electron chi connectivity index (χ3n) is 3.91. The van der Waals surface area contributed by atoms with E-state index in [4.69, 9.17) is 14.0 Å². The highest BCUT2D eigenvalue weighted by molar-refractivity contribution is 5.94. The smallest absolute Gasteiger partial charge is 0.306 e. The van der Waals surface area contributed by atoms with Gasteiger partial charge in [-0.05, 0) is 37.6 Å². The first-order valence-electron chi connectivity index (χ1n) is 8.89. The summed E-state index contributed by atoms with van der Waals surface area (Å²) < 4.78 is 15.8. The van der Waals surface area contributed by atoms with E-state index in [0.29, 0.717) is 30.2 Å². The average Bonchev–Trinajstić information content (AvgIpc) is 3.20. The normalized spacial score (nSPS) is 10.5. The number of carbonyl (C=O) groups is 2. The molecular formula is C21H20N2O5. The van der Waals surface area contributed by atoms with E-state index in [9.17, 15) is 9.59 Å². The van der Waals surface area contributed by atoms with Crippen molar-refractivity contribution in [2.75, 3.05) is 6.61 Å². The Balaban J connectivity index is 1.36. The number of aromatic nitrogens is 2. The van der Waals surface area contributed by atoms with Crippen molar-refractivity contribution in [3.05, 3.63) is 66.1 Å². The van der Waals surface area contributed by atoms with Crippen LogP contribution < -0.4 is 4.74 Å². The van der Waals surface area contributed by atoms with Crippen molar-refractivity contribution in [3.8, 4) is 17.1 Å². The summed E-state index contributed by atoms with van der Waals surface area (Å²) in [6.07, 6.45) is 0.720. The molecule has 0 unspecified atom stereocenters. The Morgan fingerprint density at radius 3 is 2.50 bits per heavy atom. The van der Waals surface area contributed by atoms with Gasteiger partial charge in [-0.3, -0.25) is 9.59 Å². The SMILES string of the molecule is CC(=O)c1ccc(OCCCC(=O)OCc2nc(-c3ccccc3)no2)cc1. The van der Waals surface area contributed by atoms with Gasteiger partial charge in [-0.2, -0.15) is 4.98 Å². The number of nitrogens with zero attached hydrogens (tertiary/aromatic N) is 2. The molecule has 0 fully saturated rings. The first-order valence-corrected chi connectivity index (χ1v) is 8.89. The summed E-state index contributed by atoms with van der Waals surface area (Å²) in [5.74, 6) is 0.990. The van der Waals surface area contributed by atoms with Crippen molar-refractivity contribution in [1.82, 2.24) is 10.1 Å². The highest BCUT2D eigenvalue weighted by Crippen LogP contribution is 2.15. The second-order valence-electron chi connectivity index (χ2n) is 6.07. The van der Waals surface area contributed by atoms with Crippen LogP contribution in [-0.2, 0) is 16.1 Å². The van der Waals surface area contributed by atoms with Crippen LogP contribution in [-0.4, -0.2) is 28.5 Å². The Labute approximate surface area is 162 Å². The van der Waals surface area contributed by atoms with Crippen molar-refractivity contribution < 1.29 is 23.6 Å².